The first-order chi connectivity index (χ1) is 13.4. The van der Waals surface area contributed by atoms with Gasteiger partial charge in [-0.2, -0.15) is 5.26 Å². The first kappa shape index (κ1) is 21.9. The highest BCUT2D eigenvalue weighted by atomic mass is 32.2. The summed E-state index contributed by atoms with van der Waals surface area (Å²) in [6, 6.07) is 13.8. The summed E-state index contributed by atoms with van der Waals surface area (Å²) in [5.41, 5.74) is 2.28. The minimum absolute atomic E-state index is 0.114. The van der Waals surface area contributed by atoms with Gasteiger partial charge in [-0.1, -0.05) is 18.2 Å². The van der Waals surface area contributed by atoms with Crippen molar-refractivity contribution >= 4 is 32.1 Å². The van der Waals surface area contributed by atoms with E-state index in [1.807, 2.05) is 30.3 Å². The number of ether oxygens (including phenoxy) is 1. The van der Waals surface area contributed by atoms with Crippen LogP contribution in [0.5, 0.6) is 0 Å². The molecule has 7 heteroatoms. The van der Waals surface area contributed by atoms with Crippen molar-refractivity contribution < 1.29 is 13.2 Å². The average Bonchev–Trinajstić information content (AvgIpc) is 2.68. The van der Waals surface area contributed by atoms with Gasteiger partial charge < -0.3 is 9.64 Å². The summed E-state index contributed by atoms with van der Waals surface area (Å²) < 4.78 is 32.1. The van der Waals surface area contributed by atoms with Crippen LogP contribution in [-0.4, -0.2) is 41.8 Å². The van der Waals surface area contributed by atoms with Gasteiger partial charge in [-0.3, -0.25) is 0 Å². The number of hydrogen-bond acceptors (Lipinski definition) is 5. The molecule has 0 heterocycles. The highest BCUT2D eigenvalue weighted by molar-refractivity contribution is 7.93. The predicted molar refractivity (Wildman–Crippen MR) is 115 cm³/mol. The van der Waals surface area contributed by atoms with Crippen molar-refractivity contribution in [2.45, 2.75) is 20.8 Å². The van der Waals surface area contributed by atoms with Crippen LogP contribution in [0.3, 0.4) is 0 Å². The van der Waals surface area contributed by atoms with Crippen molar-refractivity contribution in [3.05, 3.63) is 46.9 Å². The van der Waals surface area contributed by atoms with E-state index in [0.29, 0.717) is 11.1 Å². The van der Waals surface area contributed by atoms with Crippen LogP contribution in [0.1, 0.15) is 26.3 Å². The zero-order chi connectivity index (χ0) is 20.7. The number of methoxy groups -OCH3 is 1. The second-order valence-electron chi connectivity index (χ2n) is 6.38. The maximum absolute atomic E-state index is 12.4. The van der Waals surface area contributed by atoms with E-state index in [4.69, 9.17) is 4.74 Å². The Morgan fingerprint density at radius 1 is 1.14 bits per heavy atom. The summed E-state index contributed by atoms with van der Waals surface area (Å²) in [5.74, 6) is 0. The molecule has 0 fully saturated rings. The molecule has 6 nitrogen and oxygen atoms in total. The number of nitrogens with one attached hydrogen (secondary N) is 1. The number of rotatable bonds is 9. The van der Waals surface area contributed by atoms with Crippen LogP contribution >= 0.6 is 0 Å². The van der Waals surface area contributed by atoms with E-state index in [2.05, 4.69) is 35.6 Å². The van der Waals surface area contributed by atoms with E-state index in [9.17, 15) is 13.7 Å². The summed E-state index contributed by atoms with van der Waals surface area (Å²) in [6.07, 6.45) is 0. The molecule has 28 heavy (non-hydrogen) atoms. The van der Waals surface area contributed by atoms with Gasteiger partial charge in [0.25, 0.3) is 10.0 Å². The Bertz CT molecular complexity index is 1000. The summed E-state index contributed by atoms with van der Waals surface area (Å²) in [4.78, 5) is 1.99. The quantitative estimate of drug-likeness (QED) is 0.514. The minimum Gasteiger partial charge on any atom is -0.383 e. The van der Waals surface area contributed by atoms with Gasteiger partial charge in [-0.05, 0) is 60.9 Å². The van der Waals surface area contributed by atoms with Crippen molar-refractivity contribution in [3.63, 3.8) is 0 Å². The van der Waals surface area contributed by atoms with Crippen LogP contribution < -0.4 is 9.62 Å². The molecular formula is C21H27N3O3S. The van der Waals surface area contributed by atoms with Gasteiger partial charge in [0, 0.05) is 32.4 Å². The van der Waals surface area contributed by atoms with Crippen LogP contribution in [0.4, 0.5) is 5.69 Å². The van der Waals surface area contributed by atoms with E-state index in [1.165, 1.54) is 7.11 Å². The Balaban J connectivity index is 2.44. The number of fused-ring (bicyclic) bond motifs is 1. The molecular weight excluding hydrogens is 374 g/mol. The molecule has 2 aromatic carbocycles. The zero-order valence-corrected chi connectivity index (χ0v) is 17.6. The summed E-state index contributed by atoms with van der Waals surface area (Å²) in [5, 5.41) is 11.5. The van der Waals surface area contributed by atoms with Crippen LogP contribution in [0.25, 0.3) is 16.3 Å². The highest BCUT2D eigenvalue weighted by Crippen LogP contribution is 2.27. The van der Waals surface area contributed by atoms with Gasteiger partial charge in [-0.25, -0.2) is 13.1 Å². The number of nitriles is 1. The topological polar surface area (TPSA) is 82.4 Å². The van der Waals surface area contributed by atoms with Gasteiger partial charge in [0.05, 0.1) is 6.61 Å². The van der Waals surface area contributed by atoms with Crippen LogP contribution in [0.15, 0.2) is 41.3 Å². The van der Waals surface area contributed by atoms with Crippen molar-refractivity contribution in [1.29, 1.82) is 5.26 Å². The fourth-order valence-corrected chi connectivity index (χ4v) is 4.22. The lowest BCUT2D eigenvalue weighted by Crippen LogP contribution is -2.28. The van der Waals surface area contributed by atoms with Crippen molar-refractivity contribution in [2.24, 2.45) is 0 Å². The summed E-state index contributed by atoms with van der Waals surface area (Å²) >= 11 is 0. The molecule has 0 unspecified atom stereocenters. The number of allylic oxidation sites excluding steroid dienone is 2. The Hall–Kier alpha value is -2.40. The van der Waals surface area contributed by atoms with E-state index in [1.54, 1.807) is 6.92 Å². The third-order valence-electron chi connectivity index (χ3n) is 4.69. The number of benzene rings is 2. The fourth-order valence-electron chi connectivity index (χ4n) is 3.08. The molecule has 0 amide bonds. The Morgan fingerprint density at radius 2 is 1.79 bits per heavy atom. The Kier molecular flexibility index (Phi) is 7.58. The molecule has 0 saturated carbocycles. The first-order valence-electron chi connectivity index (χ1n) is 9.26. The lowest BCUT2D eigenvalue weighted by Gasteiger charge is -2.21. The molecule has 2 aromatic rings. The van der Waals surface area contributed by atoms with Crippen LogP contribution in [-0.2, 0) is 14.8 Å². The molecule has 0 aromatic heterocycles. The average molecular weight is 402 g/mol. The lowest BCUT2D eigenvalue weighted by atomic mass is 10.0. The largest absolute Gasteiger partial charge is 0.383 e. The third kappa shape index (κ3) is 4.90. The monoisotopic (exact) mass is 401 g/mol. The molecule has 0 radical (unpaired) electrons. The highest BCUT2D eigenvalue weighted by Gasteiger charge is 2.20. The molecule has 0 spiro atoms. The SMILES string of the molecule is CCN(CC)c1ccc2cc(/C(C)=C(\C#N)S(=O)(=O)NCCOC)ccc2c1. The van der Waals surface area contributed by atoms with E-state index in [-0.39, 0.29) is 18.1 Å². The second-order valence-corrected chi connectivity index (χ2v) is 8.08. The second kappa shape index (κ2) is 9.69. The zero-order valence-electron chi connectivity index (χ0n) is 16.8. The molecule has 1 N–H and O–H groups in total. The molecule has 0 aliphatic rings. The van der Waals surface area contributed by atoms with E-state index < -0.39 is 10.0 Å². The van der Waals surface area contributed by atoms with Crippen molar-refractivity contribution in [2.75, 3.05) is 38.3 Å². The normalized spacial score (nSPS) is 12.5. The number of anilines is 1. The minimum atomic E-state index is -3.89. The molecule has 2 rings (SSSR count). The van der Waals surface area contributed by atoms with Gasteiger partial charge in [-0.15, -0.1) is 0 Å². The van der Waals surface area contributed by atoms with E-state index >= 15 is 0 Å². The molecule has 0 aliphatic carbocycles. The molecule has 0 saturated heterocycles. The van der Waals surface area contributed by atoms with Crippen molar-refractivity contribution in [3.8, 4) is 6.07 Å². The number of hydrogen-bond donors (Lipinski definition) is 1. The standard InChI is InChI=1S/C21H27N3O3S/c1-5-24(6-2)20-10-9-18-13-17(7-8-19(18)14-20)16(3)21(15-22)28(25,26)23-11-12-27-4/h7-10,13-14,23H,5-6,11-12H2,1-4H3/b21-16+. The molecule has 0 bridgehead atoms. The lowest BCUT2D eigenvalue weighted by molar-refractivity contribution is 0.204. The number of nitrogens with zero attached hydrogens (tertiary/aromatic N) is 2. The van der Waals surface area contributed by atoms with Gasteiger partial charge in [0.2, 0.25) is 0 Å². The van der Waals surface area contributed by atoms with Gasteiger partial charge >= 0.3 is 0 Å². The Morgan fingerprint density at radius 3 is 2.39 bits per heavy atom. The van der Waals surface area contributed by atoms with Crippen LogP contribution in [0, 0.1) is 11.3 Å². The van der Waals surface area contributed by atoms with Crippen molar-refractivity contribution in [1.82, 2.24) is 4.72 Å². The smallest absolute Gasteiger partial charge is 0.251 e. The van der Waals surface area contributed by atoms with Gasteiger partial charge in [0.1, 0.15) is 6.07 Å². The molecule has 0 aliphatic heterocycles. The third-order valence-corrected chi connectivity index (χ3v) is 6.21. The predicted octanol–water partition coefficient (Wildman–Crippen LogP) is 3.51. The maximum atomic E-state index is 12.4. The van der Waals surface area contributed by atoms with Crippen LogP contribution in [0.2, 0.25) is 0 Å². The maximum Gasteiger partial charge on any atom is 0.251 e. The summed E-state index contributed by atoms with van der Waals surface area (Å²) in [7, 11) is -2.40. The Labute approximate surface area is 167 Å². The van der Waals surface area contributed by atoms with E-state index in [0.717, 1.165) is 29.5 Å². The molecule has 0 atom stereocenters. The number of sulfonamides is 1. The first-order valence-corrected chi connectivity index (χ1v) is 10.7. The summed E-state index contributed by atoms with van der Waals surface area (Å²) in [6.45, 7) is 8.11. The molecule has 150 valence electrons. The van der Waals surface area contributed by atoms with Gasteiger partial charge in [0.15, 0.2) is 4.91 Å². The fraction of sp³-hybridized carbons (Fsp3) is 0.381.